The summed E-state index contributed by atoms with van der Waals surface area (Å²) in [4.78, 5) is 41.0. The van der Waals surface area contributed by atoms with E-state index in [1.165, 1.54) is 21.8 Å². The molecule has 0 radical (unpaired) electrons. The number of ether oxygens (including phenoxy) is 1. The fraction of sp³-hybridized carbons (Fsp3) is 0.222. The molecule has 8 heteroatoms. The minimum atomic E-state index is -0.596. The molecule has 7 nitrogen and oxygen atoms in total. The van der Waals surface area contributed by atoms with Gasteiger partial charge in [-0.25, -0.2) is 9.78 Å². The Morgan fingerprint density at radius 1 is 1.31 bits per heavy atom. The summed E-state index contributed by atoms with van der Waals surface area (Å²) < 4.78 is 6.79. The lowest BCUT2D eigenvalue weighted by molar-refractivity contribution is -0.115. The molecule has 0 aliphatic carbocycles. The summed E-state index contributed by atoms with van der Waals surface area (Å²) >= 11 is 1.35. The molecule has 2 heterocycles. The van der Waals surface area contributed by atoms with Crippen molar-refractivity contribution in [2.24, 2.45) is 0 Å². The first-order valence-corrected chi connectivity index (χ1v) is 8.90. The van der Waals surface area contributed by atoms with Crippen LogP contribution < -0.4 is 10.9 Å². The molecule has 0 saturated heterocycles. The van der Waals surface area contributed by atoms with Gasteiger partial charge in [0.15, 0.2) is 4.96 Å². The smallest absolute Gasteiger partial charge is 0.340 e. The number of benzene rings is 1. The summed E-state index contributed by atoms with van der Waals surface area (Å²) in [5.41, 5.74) is 1.61. The lowest BCUT2D eigenvalue weighted by Crippen LogP contribution is -2.17. The summed E-state index contributed by atoms with van der Waals surface area (Å²) in [7, 11) is 0. The number of thiazole rings is 1. The molecule has 3 rings (SSSR count). The van der Waals surface area contributed by atoms with E-state index in [9.17, 15) is 14.4 Å². The van der Waals surface area contributed by atoms with E-state index in [0.29, 0.717) is 22.8 Å². The van der Waals surface area contributed by atoms with Crippen LogP contribution in [0.25, 0.3) is 4.96 Å². The molecule has 2 aromatic heterocycles. The van der Waals surface area contributed by atoms with Gasteiger partial charge in [0.05, 0.1) is 16.9 Å². The van der Waals surface area contributed by atoms with Crippen molar-refractivity contribution in [3.63, 3.8) is 0 Å². The number of aryl methyl sites for hydroxylation is 1. The average molecular weight is 371 g/mol. The van der Waals surface area contributed by atoms with E-state index in [4.69, 9.17) is 4.74 Å². The molecule has 0 aliphatic heterocycles. The fourth-order valence-electron chi connectivity index (χ4n) is 2.40. The number of nitrogens with one attached hydrogen (secondary N) is 1. The molecule has 0 unspecified atom stereocenters. The minimum Gasteiger partial charge on any atom is -0.456 e. The summed E-state index contributed by atoms with van der Waals surface area (Å²) in [6.07, 6.45) is 0.303. The Morgan fingerprint density at radius 2 is 2.08 bits per heavy atom. The van der Waals surface area contributed by atoms with E-state index in [-0.39, 0.29) is 23.6 Å². The van der Waals surface area contributed by atoms with E-state index in [0.717, 1.165) is 5.69 Å². The van der Waals surface area contributed by atoms with Crippen molar-refractivity contribution in [3.05, 3.63) is 63.0 Å². The molecular formula is C18H17N3O4S. The Labute approximate surface area is 153 Å². The third-order valence-corrected chi connectivity index (χ3v) is 4.67. The predicted octanol–water partition coefficient (Wildman–Crippen LogP) is 2.77. The first-order valence-electron chi connectivity index (χ1n) is 8.02. The Morgan fingerprint density at radius 3 is 2.85 bits per heavy atom. The maximum Gasteiger partial charge on any atom is 0.340 e. The Kier molecular flexibility index (Phi) is 5.13. The number of aromatic nitrogens is 2. The van der Waals surface area contributed by atoms with Gasteiger partial charge in [0, 0.05) is 23.6 Å². The SMILES string of the molecule is CCC(=O)Nc1ccccc1C(=O)OCc1cc(=O)n2c(C)csc2n1. The largest absolute Gasteiger partial charge is 0.456 e. The van der Waals surface area contributed by atoms with Crippen LogP contribution in [-0.2, 0) is 16.1 Å². The molecule has 26 heavy (non-hydrogen) atoms. The topological polar surface area (TPSA) is 89.8 Å². The second-order valence-electron chi connectivity index (χ2n) is 5.60. The number of carbonyl (C=O) groups is 2. The van der Waals surface area contributed by atoms with Gasteiger partial charge < -0.3 is 10.1 Å². The number of carbonyl (C=O) groups excluding carboxylic acids is 2. The minimum absolute atomic E-state index is 0.127. The average Bonchev–Trinajstić information content (AvgIpc) is 3.01. The molecule has 1 aromatic carbocycles. The molecular weight excluding hydrogens is 354 g/mol. The molecule has 0 saturated carbocycles. The standard InChI is InChI=1S/C18H17N3O4S/c1-3-15(22)20-14-7-5-4-6-13(14)17(24)25-9-12-8-16(23)21-11(2)10-26-18(21)19-12/h4-8,10H,3,9H2,1-2H3,(H,20,22). The van der Waals surface area contributed by atoms with Gasteiger partial charge in [-0.2, -0.15) is 0 Å². The summed E-state index contributed by atoms with van der Waals surface area (Å²) in [6, 6.07) is 7.96. The highest BCUT2D eigenvalue weighted by molar-refractivity contribution is 7.15. The number of anilines is 1. The van der Waals surface area contributed by atoms with Crippen molar-refractivity contribution in [3.8, 4) is 0 Å². The third kappa shape index (κ3) is 3.65. The Hall–Kier alpha value is -3.00. The maximum atomic E-state index is 12.4. The van der Waals surface area contributed by atoms with Crippen LogP contribution in [-0.4, -0.2) is 21.3 Å². The van der Waals surface area contributed by atoms with Crippen LogP contribution >= 0.6 is 11.3 Å². The normalized spacial score (nSPS) is 10.7. The van der Waals surface area contributed by atoms with E-state index in [1.54, 1.807) is 31.2 Å². The lowest BCUT2D eigenvalue weighted by atomic mass is 10.1. The van der Waals surface area contributed by atoms with Gasteiger partial charge >= 0.3 is 5.97 Å². The van der Waals surface area contributed by atoms with Crippen LogP contribution in [0, 0.1) is 6.92 Å². The zero-order chi connectivity index (χ0) is 18.7. The van der Waals surface area contributed by atoms with Crippen molar-refractivity contribution in [1.29, 1.82) is 0 Å². The van der Waals surface area contributed by atoms with Crippen LogP contribution in [0.3, 0.4) is 0 Å². The zero-order valence-electron chi connectivity index (χ0n) is 14.3. The van der Waals surface area contributed by atoms with E-state index in [2.05, 4.69) is 10.3 Å². The number of para-hydroxylation sites is 1. The van der Waals surface area contributed by atoms with Gasteiger partial charge in [0.2, 0.25) is 5.91 Å². The van der Waals surface area contributed by atoms with E-state index in [1.807, 2.05) is 12.3 Å². The van der Waals surface area contributed by atoms with Gasteiger partial charge in [-0.15, -0.1) is 11.3 Å². The van der Waals surface area contributed by atoms with Crippen LogP contribution in [0.5, 0.6) is 0 Å². The first-order chi connectivity index (χ1) is 12.5. The molecule has 0 atom stereocenters. The van der Waals surface area contributed by atoms with E-state index >= 15 is 0 Å². The summed E-state index contributed by atoms with van der Waals surface area (Å²) in [5, 5.41) is 4.51. The van der Waals surface area contributed by atoms with Crippen LogP contribution in [0.4, 0.5) is 5.69 Å². The van der Waals surface area contributed by atoms with Crippen molar-refractivity contribution >= 4 is 33.9 Å². The number of fused-ring (bicyclic) bond motifs is 1. The highest BCUT2D eigenvalue weighted by Gasteiger charge is 2.15. The first kappa shape index (κ1) is 17.8. The zero-order valence-corrected chi connectivity index (χ0v) is 15.1. The maximum absolute atomic E-state index is 12.4. The molecule has 1 N–H and O–H groups in total. The van der Waals surface area contributed by atoms with Gasteiger partial charge in [-0.1, -0.05) is 19.1 Å². The van der Waals surface area contributed by atoms with Crippen LogP contribution in [0.1, 0.15) is 35.1 Å². The number of rotatable bonds is 5. The molecule has 1 amide bonds. The monoisotopic (exact) mass is 371 g/mol. The van der Waals surface area contributed by atoms with Crippen molar-refractivity contribution < 1.29 is 14.3 Å². The van der Waals surface area contributed by atoms with Crippen LogP contribution in [0.2, 0.25) is 0 Å². The van der Waals surface area contributed by atoms with Crippen LogP contribution in [0.15, 0.2) is 40.5 Å². The number of esters is 1. The summed E-state index contributed by atoms with van der Waals surface area (Å²) in [6.45, 7) is 3.42. The molecule has 0 aliphatic rings. The predicted molar refractivity (Wildman–Crippen MR) is 98.6 cm³/mol. The highest BCUT2D eigenvalue weighted by Crippen LogP contribution is 2.17. The molecule has 0 spiro atoms. The Bertz CT molecular complexity index is 1040. The van der Waals surface area contributed by atoms with Crippen molar-refractivity contribution in [2.75, 3.05) is 5.32 Å². The van der Waals surface area contributed by atoms with Crippen molar-refractivity contribution in [2.45, 2.75) is 26.9 Å². The van der Waals surface area contributed by atoms with Gasteiger partial charge in [-0.05, 0) is 19.1 Å². The Balaban J connectivity index is 1.77. The second kappa shape index (κ2) is 7.49. The highest BCUT2D eigenvalue weighted by atomic mass is 32.1. The van der Waals surface area contributed by atoms with Gasteiger partial charge in [0.1, 0.15) is 6.61 Å². The van der Waals surface area contributed by atoms with Gasteiger partial charge in [-0.3, -0.25) is 14.0 Å². The molecule has 3 aromatic rings. The number of hydrogen-bond acceptors (Lipinski definition) is 6. The molecule has 0 fully saturated rings. The number of nitrogens with zero attached hydrogens (tertiary/aromatic N) is 2. The van der Waals surface area contributed by atoms with Crippen molar-refractivity contribution in [1.82, 2.24) is 9.38 Å². The fourth-order valence-corrected chi connectivity index (χ4v) is 3.29. The number of hydrogen-bond donors (Lipinski definition) is 1. The van der Waals surface area contributed by atoms with Gasteiger partial charge in [0.25, 0.3) is 5.56 Å². The molecule has 0 bridgehead atoms. The second-order valence-corrected chi connectivity index (χ2v) is 6.44. The summed E-state index contributed by atoms with van der Waals surface area (Å²) in [5.74, 6) is -0.792. The number of amides is 1. The lowest BCUT2D eigenvalue weighted by Gasteiger charge is -2.10. The quantitative estimate of drug-likeness (QED) is 0.697. The molecule has 134 valence electrons. The third-order valence-electron chi connectivity index (χ3n) is 3.72. The van der Waals surface area contributed by atoms with E-state index < -0.39 is 5.97 Å².